The molecule has 0 aliphatic rings. The van der Waals surface area contributed by atoms with Crippen LogP contribution in [0, 0.1) is 20.8 Å². The highest BCUT2D eigenvalue weighted by molar-refractivity contribution is 7.34. The second-order valence-corrected chi connectivity index (χ2v) is 4.95. The Morgan fingerprint density at radius 1 is 0.824 bits per heavy atom. The minimum Gasteiger partial charge on any atom is -0.269 e. The van der Waals surface area contributed by atoms with Crippen LogP contribution in [0.15, 0.2) is 36.4 Å². The summed E-state index contributed by atoms with van der Waals surface area (Å²) >= 11 is 0. The molecule has 0 aliphatic heterocycles. The van der Waals surface area contributed by atoms with Crippen molar-refractivity contribution in [2.45, 2.75) is 20.8 Å². The number of hydrogen-bond acceptors (Lipinski definition) is 1. The summed E-state index contributed by atoms with van der Waals surface area (Å²) < 4.78 is 11.2. The summed E-state index contributed by atoms with van der Waals surface area (Å²) in [5.41, 5.74) is 6.10. The minimum absolute atomic E-state index is 0.0769. The third kappa shape index (κ3) is 2.16. The van der Waals surface area contributed by atoms with Gasteiger partial charge in [-0.15, -0.1) is 0 Å². The van der Waals surface area contributed by atoms with Gasteiger partial charge < -0.3 is 0 Å². The molecular weight excluding hydrogens is 227 g/mol. The Balaban J connectivity index is 2.69. The molecule has 0 atom stereocenters. The van der Waals surface area contributed by atoms with Crippen molar-refractivity contribution in [1.82, 2.24) is 0 Å². The van der Waals surface area contributed by atoms with Gasteiger partial charge >= 0.3 is 0 Å². The Bertz CT molecular complexity index is 573. The first kappa shape index (κ1) is 12.0. The van der Waals surface area contributed by atoms with Crippen molar-refractivity contribution >= 4 is 13.8 Å². The summed E-state index contributed by atoms with van der Waals surface area (Å²) in [7, 11) is 0.0769. The second kappa shape index (κ2) is 4.81. The van der Waals surface area contributed by atoms with Crippen LogP contribution in [-0.2, 0) is 4.57 Å². The van der Waals surface area contributed by atoms with E-state index in [0.717, 1.165) is 10.9 Å². The fourth-order valence-electron chi connectivity index (χ4n) is 2.03. The van der Waals surface area contributed by atoms with Crippen molar-refractivity contribution in [3.8, 4) is 11.1 Å². The van der Waals surface area contributed by atoms with E-state index in [0.29, 0.717) is 0 Å². The Hall–Kier alpha value is -1.46. The third-order valence-electron chi connectivity index (χ3n) is 3.35. The number of rotatable bonds is 2. The zero-order valence-corrected chi connectivity index (χ0v) is 11.2. The van der Waals surface area contributed by atoms with Gasteiger partial charge in [0.1, 0.15) is 0 Å². The van der Waals surface area contributed by atoms with Crippen molar-refractivity contribution in [3.63, 3.8) is 0 Å². The molecule has 0 unspecified atom stereocenters. The molecule has 2 aromatic rings. The molecule has 0 amide bonds. The summed E-state index contributed by atoms with van der Waals surface area (Å²) in [4.78, 5) is 0. The molecule has 0 radical (unpaired) electrons. The van der Waals surface area contributed by atoms with E-state index in [4.69, 9.17) is 0 Å². The highest BCUT2D eigenvalue weighted by atomic mass is 31.1. The fourth-order valence-corrected chi connectivity index (χ4v) is 2.47. The van der Waals surface area contributed by atoms with E-state index in [2.05, 4.69) is 32.9 Å². The van der Waals surface area contributed by atoms with Gasteiger partial charge in [-0.1, -0.05) is 30.3 Å². The van der Waals surface area contributed by atoms with Gasteiger partial charge in [0.05, 0.1) is 5.30 Å². The lowest BCUT2D eigenvalue weighted by Crippen LogP contribution is -2.00. The van der Waals surface area contributed by atoms with Crippen molar-refractivity contribution in [2.24, 2.45) is 0 Å². The molecule has 0 spiro atoms. The Kier molecular flexibility index (Phi) is 3.40. The summed E-state index contributed by atoms with van der Waals surface area (Å²) in [6, 6.07) is 12.1. The lowest BCUT2D eigenvalue weighted by atomic mass is 9.94. The molecule has 1 nitrogen and oxygen atoms in total. The molecule has 0 saturated carbocycles. The highest BCUT2D eigenvalue weighted by Crippen LogP contribution is 2.27. The van der Waals surface area contributed by atoms with Crippen LogP contribution in [0.25, 0.3) is 11.1 Å². The SMILES string of the molecule is Cc1ccc(-c2ccccc2P=O)c(C)c1C. The van der Waals surface area contributed by atoms with Gasteiger partial charge in [0.25, 0.3) is 0 Å². The molecule has 0 aromatic heterocycles. The van der Waals surface area contributed by atoms with Crippen LogP contribution in [0.2, 0.25) is 0 Å². The summed E-state index contributed by atoms with van der Waals surface area (Å²) in [6.07, 6.45) is 0. The molecule has 0 bridgehead atoms. The van der Waals surface area contributed by atoms with Crippen LogP contribution in [0.5, 0.6) is 0 Å². The smallest absolute Gasteiger partial charge is 0.192 e. The molecule has 0 saturated heterocycles. The van der Waals surface area contributed by atoms with Crippen LogP contribution in [0.3, 0.4) is 0 Å². The zero-order chi connectivity index (χ0) is 12.4. The van der Waals surface area contributed by atoms with E-state index in [-0.39, 0.29) is 8.46 Å². The first-order valence-corrected chi connectivity index (χ1v) is 6.46. The molecule has 17 heavy (non-hydrogen) atoms. The van der Waals surface area contributed by atoms with Crippen LogP contribution in [-0.4, -0.2) is 0 Å². The normalized spacial score (nSPS) is 10.8. The Morgan fingerprint density at radius 2 is 1.53 bits per heavy atom. The monoisotopic (exact) mass is 242 g/mol. The molecular formula is C15H15OP. The van der Waals surface area contributed by atoms with Gasteiger partial charge in [-0.05, 0) is 54.7 Å². The zero-order valence-electron chi connectivity index (χ0n) is 10.3. The van der Waals surface area contributed by atoms with Crippen LogP contribution in [0.4, 0.5) is 0 Å². The maximum atomic E-state index is 11.2. The van der Waals surface area contributed by atoms with Gasteiger partial charge in [0.2, 0.25) is 0 Å². The Morgan fingerprint density at radius 3 is 2.24 bits per heavy atom. The summed E-state index contributed by atoms with van der Waals surface area (Å²) in [6.45, 7) is 6.37. The average Bonchev–Trinajstić information content (AvgIpc) is 2.36. The van der Waals surface area contributed by atoms with Gasteiger partial charge in [0, 0.05) is 0 Å². The number of hydrogen-bond donors (Lipinski definition) is 0. The molecule has 0 aliphatic carbocycles. The quantitative estimate of drug-likeness (QED) is 0.721. The van der Waals surface area contributed by atoms with E-state index in [9.17, 15) is 4.57 Å². The molecule has 86 valence electrons. The molecule has 0 fully saturated rings. The number of aryl methyl sites for hydroxylation is 1. The van der Waals surface area contributed by atoms with E-state index >= 15 is 0 Å². The van der Waals surface area contributed by atoms with Crippen LogP contribution < -0.4 is 5.30 Å². The van der Waals surface area contributed by atoms with Gasteiger partial charge in [-0.25, -0.2) is 0 Å². The van der Waals surface area contributed by atoms with Crippen LogP contribution >= 0.6 is 8.46 Å². The van der Waals surface area contributed by atoms with Gasteiger partial charge in [-0.3, -0.25) is 4.57 Å². The lowest BCUT2D eigenvalue weighted by Gasteiger charge is -2.12. The third-order valence-corrected chi connectivity index (χ3v) is 3.94. The van der Waals surface area contributed by atoms with Gasteiger partial charge in [0.15, 0.2) is 8.46 Å². The molecule has 2 heteroatoms. The standard InChI is InChI=1S/C15H15OP/c1-10-8-9-13(12(3)11(10)2)14-6-4-5-7-15(14)17-16/h4-9H,1-3H3. The second-order valence-electron chi connectivity index (χ2n) is 4.29. The Labute approximate surface area is 104 Å². The lowest BCUT2D eigenvalue weighted by molar-refractivity contribution is 0.603. The van der Waals surface area contributed by atoms with Crippen molar-refractivity contribution < 1.29 is 4.57 Å². The summed E-state index contributed by atoms with van der Waals surface area (Å²) in [5, 5.41) is 0.846. The summed E-state index contributed by atoms with van der Waals surface area (Å²) in [5.74, 6) is 0. The largest absolute Gasteiger partial charge is 0.269 e. The van der Waals surface area contributed by atoms with E-state index in [1.165, 1.54) is 22.3 Å². The van der Waals surface area contributed by atoms with Crippen molar-refractivity contribution in [1.29, 1.82) is 0 Å². The first-order chi connectivity index (χ1) is 8.15. The highest BCUT2D eigenvalue weighted by Gasteiger charge is 2.09. The number of benzene rings is 2. The van der Waals surface area contributed by atoms with Crippen molar-refractivity contribution in [2.75, 3.05) is 0 Å². The predicted molar refractivity (Wildman–Crippen MR) is 73.3 cm³/mol. The van der Waals surface area contributed by atoms with Crippen LogP contribution in [0.1, 0.15) is 16.7 Å². The molecule has 0 heterocycles. The topological polar surface area (TPSA) is 17.1 Å². The minimum atomic E-state index is 0.0769. The molecule has 2 rings (SSSR count). The maximum absolute atomic E-state index is 11.2. The fraction of sp³-hybridized carbons (Fsp3) is 0.200. The molecule has 0 N–H and O–H groups in total. The van der Waals surface area contributed by atoms with E-state index in [1.807, 2.05) is 24.3 Å². The molecule has 2 aromatic carbocycles. The van der Waals surface area contributed by atoms with Gasteiger partial charge in [-0.2, -0.15) is 0 Å². The van der Waals surface area contributed by atoms with E-state index in [1.54, 1.807) is 0 Å². The van der Waals surface area contributed by atoms with Crippen molar-refractivity contribution in [3.05, 3.63) is 53.1 Å². The maximum Gasteiger partial charge on any atom is 0.192 e. The average molecular weight is 242 g/mol. The van der Waals surface area contributed by atoms with E-state index < -0.39 is 0 Å². The predicted octanol–water partition coefficient (Wildman–Crippen LogP) is 4.20. The first-order valence-electron chi connectivity index (χ1n) is 5.64.